The van der Waals surface area contributed by atoms with Gasteiger partial charge in [-0.05, 0) is 6.42 Å². The summed E-state index contributed by atoms with van der Waals surface area (Å²) < 4.78 is 5.33. The van der Waals surface area contributed by atoms with Gasteiger partial charge in [0.2, 0.25) is 11.8 Å². The maximum atomic E-state index is 5.33. The number of aryl methyl sites for hydroxylation is 1. The maximum absolute atomic E-state index is 5.33. The van der Waals surface area contributed by atoms with E-state index in [-0.39, 0.29) is 0 Å². The van der Waals surface area contributed by atoms with E-state index in [4.69, 9.17) is 4.74 Å². The fraction of sp³-hybridized carbons (Fsp3) is 0.400. The van der Waals surface area contributed by atoms with Crippen molar-refractivity contribution >= 4 is 12.1 Å². The molecule has 5 heteroatoms. The van der Waals surface area contributed by atoms with E-state index in [2.05, 4.69) is 20.0 Å². The van der Waals surface area contributed by atoms with Crippen molar-refractivity contribution in [2.24, 2.45) is 9.98 Å². The molecular formula is C10H14N4O. The second-order valence-electron chi connectivity index (χ2n) is 2.75. The number of ether oxygens (including phenoxy) is 1. The van der Waals surface area contributed by atoms with Crippen molar-refractivity contribution in [3.05, 3.63) is 18.1 Å². The monoisotopic (exact) mass is 206 g/mol. The summed E-state index contributed by atoms with van der Waals surface area (Å²) in [5.74, 6) is 0.837. The Morgan fingerprint density at radius 3 is 2.67 bits per heavy atom. The van der Waals surface area contributed by atoms with Crippen molar-refractivity contribution in [3.8, 4) is 5.88 Å². The van der Waals surface area contributed by atoms with Gasteiger partial charge in [-0.1, -0.05) is 6.92 Å². The number of aromatic nitrogens is 2. The predicted molar refractivity (Wildman–Crippen MR) is 59.8 cm³/mol. The van der Waals surface area contributed by atoms with Crippen LogP contribution in [-0.4, -0.2) is 36.2 Å². The van der Waals surface area contributed by atoms with Gasteiger partial charge in [0.15, 0.2) is 0 Å². The first-order valence-electron chi connectivity index (χ1n) is 4.67. The highest BCUT2D eigenvalue weighted by Crippen LogP contribution is 2.04. The van der Waals surface area contributed by atoms with E-state index >= 15 is 0 Å². The van der Waals surface area contributed by atoms with Crippen LogP contribution in [0.4, 0.5) is 0 Å². The van der Waals surface area contributed by atoms with Crippen LogP contribution in [0.3, 0.4) is 0 Å². The van der Waals surface area contributed by atoms with Gasteiger partial charge in [0.05, 0.1) is 24.3 Å². The normalized spacial score (nSPS) is 12.1. The molecule has 0 aromatic carbocycles. The summed E-state index contributed by atoms with van der Waals surface area (Å²) in [6, 6.07) is 0. The minimum Gasteiger partial charge on any atom is -0.418 e. The molecule has 0 saturated heterocycles. The molecule has 0 atom stereocenters. The van der Waals surface area contributed by atoms with Crippen LogP contribution in [-0.2, 0) is 6.42 Å². The van der Waals surface area contributed by atoms with Gasteiger partial charge in [0.1, 0.15) is 0 Å². The molecule has 0 amide bonds. The van der Waals surface area contributed by atoms with Gasteiger partial charge in [-0.15, -0.1) is 0 Å². The van der Waals surface area contributed by atoms with Gasteiger partial charge < -0.3 is 4.74 Å². The lowest BCUT2D eigenvalue weighted by Gasteiger charge is -2.02. The molecule has 0 aliphatic heterocycles. The molecule has 0 radical (unpaired) electrons. The molecular weight excluding hydrogens is 192 g/mol. The molecule has 0 fully saturated rings. The fourth-order valence-electron chi connectivity index (χ4n) is 0.926. The molecule has 1 aromatic heterocycles. The van der Waals surface area contributed by atoms with Crippen molar-refractivity contribution in [2.75, 3.05) is 14.1 Å². The Morgan fingerprint density at radius 1 is 1.40 bits per heavy atom. The smallest absolute Gasteiger partial charge is 0.239 e. The summed E-state index contributed by atoms with van der Waals surface area (Å²) in [7, 11) is 3.28. The summed E-state index contributed by atoms with van der Waals surface area (Å²) in [5.41, 5.74) is 0.932. The molecule has 0 saturated carbocycles. The molecule has 80 valence electrons. The van der Waals surface area contributed by atoms with Crippen LogP contribution < -0.4 is 4.74 Å². The van der Waals surface area contributed by atoms with Crippen LogP contribution in [0.2, 0.25) is 0 Å². The molecule has 1 heterocycles. The summed E-state index contributed by atoms with van der Waals surface area (Å²) in [6.45, 7) is 2.02. The SMILES string of the molecule is CCc1cnc(OC(C=NC)=NC)cn1. The first kappa shape index (κ1) is 11.3. The molecule has 0 aliphatic carbocycles. The van der Waals surface area contributed by atoms with E-state index in [9.17, 15) is 0 Å². The zero-order valence-corrected chi connectivity index (χ0v) is 9.14. The lowest BCUT2D eigenvalue weighted by Crippen LogP contribution is -2.11. The Hall–Kier alpha value is -1.78. The number of hydrogen-bond donors (Lipinski definition) is 0. The van der Waals surface area contributed by atoms with Crippen LogP contribution in [0.25, 0.3) is 0 Å². The van der Waals surface area contributed by atoms with E-state index in [0.29, 0.717) is 11.8 Å². The first-order chi connectivity index (χ1) is 7.30. The molecule has 1 rings (SSSR count). The largest absolute Gasteiger partial charge is 0.418 e. The maximum Gasteiger partial charge on any atom is 0.239 e. The quantitative estimate of drug-likeness (QED) is 0.550. The Bertz CT molecular complexity index is 356. The van der Waals surface area contributed by atoms with Crippen LogP contribution >= 0.6 is 0 Å². The number of hydrogen-bond acceptors (Lipinski definition) is 5. The summed E-state index contributed by atoms with van der Waals surface area (Å²) in [4.78, 5) is 16.0. The average molecular weight is 206 g/mol. The zero-order valence-electron chi connectivity index (χ0n) is 9.14. The average Bonchev–Trinajstić information content (AvgIpc) is 2.29. The van der Waals surface area contributed by atoms with E-state index in [1.165, 1.54) is 6.21 Å². The van der Waals surface area contributed by atoms with Gasteiger partial charge in [-0.2, -0.15) is 0 Å². The number of aliphatic imine (C=N–C) groups is 2. The van der Waals surface area contributed by atoms with Crippen LogP contribution in [0, 0.1) is 0 Å². The Labute approximate surface area is 89.0 Å². The number of rotatable bonds is 3. The summed E-state index contributed by atoms with van der Waals surface area (Å²) in [5, 5.41) is 0. The Kier molecular flexibility index (Phi) is 4.40. The van der Waals surface area contributed by atoms with Gasteiger partial charge in [-0.3, -0.25) is 15.0 Å². The molecule has 0 unspecified atom stereocenters. The van der Waals surface area contributed by atoms with Crippen molar-refractivity contribution in [1.29, 1.82) is 0 Å². The van der Waals surface area contributed by atoms with E-state index in [1.54, 1.807) is 26.5 Å². The van der Waals surface area contributed by atoms with E-state index < -0.39 is 0 Å². The lowest BCUT2D eigenvalue weighted by molar-refractivity contribution is 0.531. The number of nitrogens with zero attached hydrogens (tertiary/aromatic N) is 4. The van der Waals surface area contributed by atoms with E-state index in [0.717, 1.165) is 12.1 Å². The molecule has 5 nitrogen and oxygen atoms in total. The van der Waals surface area contributed by atoms with Gasteiger partial charge in [0.25, 0.3) is 0 Å². The molecule has 0 bridgehead atoms. The third-order valence-electron chi connectivity index (χ3n) is 1.71. The van der Waals surface area contributed by atoms with Gasteiger partial charge in [0, 0.05) is 14.1 Å². The molecule has 0 N–H and O–H groups in total. The standard InChI is InChI=1S/C10H14N4O/c1-4-8-5-14-10(7-13-8)15-9(12-3)6-11-2/h5-7H,4H2,1-3H3. The molecule has 1 aromatic rings. The minimum absolute atomic E-state index is 0.413. The van der Waals surface area contributed by atoms with Crippen molar-refractivity contribution < 1.29 is 4.74 Å². The minimum atomic E-state index is 0.413. The Balaban J connectivity index is 2.72. The third-order valence-corrected chi connectivity index (χ3v) is 1.71. The zero-order chi connectivity index (χ0) is 11.1. The molecule has 15 heavy (non-hydrogen) atoms. The lowest BCUT2D eigenvalue weighted by atomic mass is 10.4. The van der Waals surface area contributed by atoms with Crippen molar-refractivity contribution in [3.63, 3.8) is 0 Å². The second-order valence-corrected chi connectivity index (χ2v) is 2.75. The third kappa shape index (κ3) is 3.46. The molecule has 0 spiro atoms. The second kappa shape index (κ2) is 5.85. The topological polar surface area (TPSA) is 59.7 Å². The predicted octanol–water partition coefficient (Wildman–Crippen LogP) is 1.15. The van der Waals surface area contributed by atoms with Crippen LogP contribution in [0.1, 0.15) is 12.6 Å². The summed E-state index contributed by atoms with van der Waals surface area (Å²) >= 11 is 0. The van der Waals surface area contributed by atoms with Gasteiger partial charge in [-0.25, -0.2) is 4.98 Å². The highest BCUT2D eigenvalue weighted by atomic mass is 16.5. The highest BCUT2D eigenvalue weighted by Gasteiger charge is 2.00. The van der Waals surface area contributed by atoms with Crippen LogP contribution in [0.15, 0.2) is 22.4 Å². The highest BCUT2D eigenvalue weighted by molar-refractivity contribution is 6.26. The summed E-state index contributed by atoms with van der Waals surface area (Å²) in [6.07, 6.45) is 5.65. The van der Waals surface area contributed by atoms with Gasteiger partial charge >= 0.3 is 0 Å². The van der Waals surface area contributed by atoms with Crippen molar-refractivity contribution in [1.82, 2.24) is 9.97 Å². The van der Waals surface area contributed by atoms with Crippen molar-refractivity contribution in [2.45, 2.75) is 13.3 Å². The van der Waals surface area contributed by atoms with Crippen LogP contribution in [0.5, 0.6) is 5.88 Å². The van der Waals surface area contributed by atoms with E-state index in [1.807, 2.05) is 6.92 Å². The Morgan fingerprint density at radius 2 is 2.20 bits per heavy atom. The molecule has 0 aliphatic rings. The fourth-order valence-corrected chi connectivity index (χ4v) is 0.926. The first-order valence-corrected chi connectivity index (χ1v) is 4.67.